The molecule has 2 aromatic rings. The Hall–Kier alpha value is -2.04. The highest BCUT2D eigenvalue weighted by Gasteiger charge is 2.30. The summed E-state index contributed by atoms with van der Waals surface area (Å²) in [6, 6.07) is 14.4. The van der Waals surface area contributed by atoms with Crippen molar-refractivity contribution in [3.05, 3.63) is 58.6 Å². The third-order valence-electron chi connectivity index (χ3n) is 6.44. The van der Waals surface area contributed by atoms with E-state index in [4.69, 9.17) is 16.3 Å². The lowest BCUT2D eigenvalue weighted by atomic mass is 9.88. The van der Waals surface area contributed by atoms with Crippen molar-refractivity contribution < 1.29 is 14.0 Å². The number of nitrogens with one attached hydrogen (secondary N) is 1. The van der Waals surface area contributed by atoms with Crippen LogP contribution < -0.4 is 10.1 Å². The van der Waals surface area contributed by atoms with E-state index in [1.807, 2.05) is 18.2 Å². The normalized spacial score (nSPS) is 23.9. The molecule has 1 fully saturated rings. The molecule has 1 N–H and O–H groups in total. The highest BCUT2D eigenvalue weighted by Crippen LogP contribution is 2.32. The summed E-state index contributed by atoms with van der Waals surface area (Å²) in [5.74, 6) is 1.56. The van der Waals surface area contributed by atoms with Crippen LogP contribution in [-0.4, -0.2) is 43.7 Å². The number of halogens is 1. The second kappa shape index (κ2) is 8.76. The van der Waals surface area contributed by atoms with Crippen molar-refractivity contribution in [2.75, 3.05) is 38.6 Å². The Balaban J connectivity index is 1.23. The van der Waals surface area contributed by atoms with E-state index >= 15 is 0 Å². The predicted octanol–water partition coefficient (Wildman–Crippen LogP) is 5.02. The summed E-state index contributed by atoms with van der Waals surface area (Å²) in [7, 11) is 2.36. The number of piperidine rings is 1. The minimum absolute atomic E-state index is 0.0910. The third kappa shape index (κ3) is 5.12. The van der Waals surface area contributed by atoms with Gasteiger partial charge in [-0.05, 0) is 41.7 Å². The topological polar surface area (TPSA) is 38.3 Å². The zero-order valence-corrected chi connectivity index (χ0v) is 17.9. The van der Waals surface area contributed by atoms with Gasteiger partial charge in [-0.15, -0.1) is 0 Å². The van der Waals surface area contributed by atoms with Gasteiger partial charge in [-0.1, -0.05) is 29.8 Å². The molecule has 0 unspecified atom stereocenters. The summed E-state index contributed by atoms with van der Waals surface area (Å²) in [6.45, 7) is 4.23. The number of nitrogens with zero attached hydrogens (tertiary/aromatic N) is 1. The van der Waals surface area contributed by atoms with Crippen LogP contribution in [0, 0.1) is 0 Å². The molecule has 154 valence electrons. The van der Waals surface area contributed by atoms with Crippen molar-refractivity contribution in [2.24, 2.45) is 0 Å². The fourth-order valence-corrected chi connectivity index (χ4v) is 4.78. The molecular weight excluding hydrogens is 384 g/mol. The van der Waals surface area contributed by atoms with Gasteiger partial charge in [-0.2, -0.15) is 0 Å². The van der Waals surface area contributed by atoms with Crippen molar-refractivity contribution in [3.8, 4) is 5.75 Å². The molecule has 1 amide bonds. The molecule has 2 aliphatic heterocycles. The molecule has 0 bridgehead atoms. The number of carbonyl (C=O) groups is 1. The van der Waals surface area contributed by atoms with Crippen molar-refractivity contribution >= 4 is 23.2 Å². The van der Waals surface area contributed by atoms with E-state index in [-0.39, 0.29) is 5.91 Å². The Morgan fingerprint density at radius 2 is 1.97 bits per heavy atom. The second-order valence-corrected chi connectivity index (χ2v) is 9.13. The molecule has 0 aliphatic carbocycles. The number of benzene rings is 2. The van der Waals surface area contributed by atoms with Crippen LogP contribution in [0.1, 0.15) is 42.7 Å². The smallest absolute Gasteiger partial charge is 0.224 e. The zero-order valence-electron chi connectivity index (χ0n) is 17.1. The maximum absolute atomic E-state index is 11.6. The first kappa shape index (κ1) is 20.2. The van der Waals surface area contributed by atoms with Crippen molar-refractivity contribution in [1.82, 2.24) is 0 Å². The fraction of sp³-hybridized carbons (Fsp3) is 0.458. The number of carbonyl (C=O) groups excluding carboxylic acids is 1. The molecule has 5 heteroatoms. The average molecular weight is 414 g/mol. The second-order valence-electron chi connectivity index (χ2n) is 8.69. The van der Waals surface area contributed by atoms with Crippen LogP contribution in [0.4, 0.5) is 5.69 Å². The van der Waals surface area contributed by atoms with Gasteiger partial charge in [0, 0.05) is 42.5 Å². The minimum atomic E-state index is 0.0910. The van der Waals surface area contributed by atoms with Gasteiger partial charge < -0.3 is 14.5 Å². The van der Waals surface area contributed by atoms with Crippen LogP contribution in [0.25, 0.3) is 0 Å². The van der Waals surface area contributed by atoms with Crippen LogP contribution in [0.5, 0.6) is 5.75 Å². The fourth-order valence-electron chi connectivity index (χ4n) is 4.59. The molecule has 0 radical (unpaired) electrons. The molecule has 0 aromatic heterocycles. The number of likely N-dealkylation sites (tertiary alicyclic amines) is 1. The van der Waals surface area contributed by atoms with E-state index in [0.717, 1.165) is 40.3 Å². The largest absolute Gasteiger partial charge is 0.493 e. The van der Waals surface area contributed by atoms with Crippen molar-refractivity contribution in [3.63, 3.8) is 0 Å². The number of anilines is 1. The van der Waals surface area contributed by atoms with Crippen molar-refractivity contribution in [2.45, 2.75) is 38.0 Å². The predicted molar refractivity (Wildman–Crippen MR) is 118 cm³/mol. The SMILES string of the molecule is C[N+]1(CCCOc2ccc3c(c2)NC(=O)CC3)CCC(c2cccc(Cl)c2)CC1. The van der Waals surface area contributed by atoms with Crippen LogP contribution in [0.2, 0.25) is 5.02 Å². The molecule has 29 heavy (non-hydrogen) atoms. The molecule has 4 rings (SSSR count). The Bertz CT molecular complexity index is 875. The summed E-state index contributed by atoms with van der Waals surface area (Å²) in [5, 5.41) is 3.78. The summed E-state index contributed by atoms with van der Waals surface area (Å²) < 4.78 is 7.08. The highest BCUT2D eigenvalue weighted by atomic mass is 35.5. The highest BCUT2D eigenvalue weighted by molar-refractivity contribution is 6.30. The summed E-state index contributed by atoms with van der Waals surface area (Å²) >= 11 is 6.16. The van der Waals surface area contributed by atoms with Crippen LogP contribution in [0.3, 0.4) is 0 Å². The van der Waals surface area contributed by atoms with E-state index in [9.17, 15) is 4.79 Å². The minimum Gasteiger partial charge on any atom is -0.493 e. The Labute approximate surface area is 178 Å². The molecule has 4 nitrogen and oxygen atoms in total. The lowest BCUT2D eigenvalue weighted by Crippen LogP contribution is -2.50. The maximum Gasteiger partial charge on any atom is 0.224 e. The number of hydrogen-bond acceptors (Lipinski definition) is 2. The maximum atomic E-state index is 11.6. The molecule has 0 atom stereocenters. The molecular formula is C24H30ClN2O2+. The van der Waals surface area contributed by atoms with E-state index in [1.165, 1.54) is 37.1 Å². The zero-order chi connectivity index (χ0) is 20.3. The van der Waals surface area contributed by atoms with Gasteiger partial charge in [0.1, 0.15) is 5.75 Å². The summed E-state index contributed by atoms with van der Waals surface area (Å²) in [4.78, 5) is 11.6. The number of hydrogen-bond donors (Lipinski definition) is 1. The standard InChI is InChI=1S/C24H29ClN2O2/c1-27(13-10-18(11-14-27)20-4-2-5-21(25)16-20)12-3-15-29-22-8-6-19-7-9-24(28)26-23(19)17-22/h2,4-6,8,16-18H,3,7,9-15H2,1H3/p+1. The molecule has 0 spiro atoms. The van der Waals surface area contributed by atoms with E-state index in [2.05, 4.69) is 36.6 Å². The van der Waals surface area contributed by atoms with Gasteiger partial charge in [-0.25, -0.2) is 0 Å². The number of amides is 1. The molecule has 2 aliphatic rings. The van der Waals surface area contributed by atoms with Crippen molar-refractivity contribution in [1.29, 1.82) is 0 Å². The third-order valence-corrected chi connectivity index (χ3v) is 6.68. The number of quaternary nitrogens is 1. The van der Waals surface area contributed by atoms with Crippen LogP contribution in [0.15, 0.2) is 42.5 Å². The van der Waals surface area contributed by atoms with E-state index < -0.39 is 0 Å². The molecule has 2 heterocycles. The quantitative estimate of drug-likeness (QED) is 0.533. The number of aryl methyl sites for hydroxylation is 1. The average Bonchev–Trinajstić information content (AvgIpc) is 2.71. The first-order chi connectivity index (χ1) is 14.0. The van der Waals surface area contributed by atoms with E-state index in [0.29, 0.717) is 18.9 Å². The van der Waals surface area contributed by atoms with Crippen LogP contribution in [-0.2, 0) is 11.2 Å². The molecule has 0 saturated carbocycles. The number of fused-ring (bicyclic) bond motifs is 1. The lowest BCUT2D eigenvalue weighted by molar-refractivity contribution is -0.914. The van der Waals surface area contributed by atoms with Gasteiger partial charge in [0.15, 0.2) is 0 Å². The molecule has 1 saturated heterocycles. The van der Waals surface area contributed by atoms with Gasteiger partial charge in [0.25, 0.3) is 0 Å². The molecule has 2 aromatic carbocycles. The van der Waals surface area contributed by atoms with Crippen LogP contribution >= 0.6 is 11.6 Å². The van der Waals surface area contributed by atoms with Gasteiger partial charge >= 0.3 is 0 Å². The Kier molecular flexibility index (Phi) is 6.12. The van der Waals surface area contributed by atoms with E-state index in [1.54, 1.807) is 0 Å². The Morgan fingerprint density at radius 3 is 2.76 bits per heavy atom. The summed E-state index contributed by atoms with van der Waals surface area (Å²) in [5.41, 5.74) is 3.48. The number of rotatable bonds is 6. The van der Waals surface area contributed by atoms with Gasteiger partial charge in [0.2, 0.25) is 5.91 Å². The first-order valence-electron chi connectivity index (χ1n) is 10.7. The number of ether oxygens (including phenoxy) is 1. The first-order valence-corrected chi connectivity index (χ1v) is 11.0. The summed E-state index contributed by atoms with van der Waals surface area (Å²) in [6.07, 6.45) is 4.83. The van der Waals surface area contributed by atoms with Gasteiger partial charge in [0.05, 0.1) is 33.3 Å². The monoisotopic (exact) mass is 413 g/mol. The Morgan fingerprint density at radius 1 is 1.14 bits per heavy atom. The van der Waals surface area contributed by atoms with Gasteiger partial charge in [-0.3, -0.25) is 4.79 Å². The lowest BCUT2D eigenvalue weighted by Gasteiger charge is -2.41.